The zero-order valence-electron chi connectivity index (χ0n) is 9.56. The Kier molecular flexibility index (Phi) is 3.36. The van der Waals surface area contributed by atoms with Gasteiger partial charge in [-0.05, 0) is 27.7 Å². The average Bonchev–Trinajstić information content (AvgIpc) is 1.99. The summed E-state index contributed by atoms with van der Waals surface area (Å²) in [5, 5.41) is 0. The summed E-state index contributed by atoms with van der Waals surface area (Å²) in [7, 11) is 0. The van der Waals surface area contributed by atoms with Gasteiger partial charge in [-0.3, -0.25) is 4.90 Å². The summed E-state index contributed by atoms with van der Waals surface area (Å²) >= 11 is 0. The fourth-order valence-corrected chi connectivity index (χ4v) is 1.68. The first-order chi connectivity index (χ1) is 6.60. The summed E-state index contributed by atoms with van der Waals surface area (Å²) in [6.45, 7) is 7.90. The molecule has 2 nitrogen and oxygen atoms in total. The Bertz CT molecular complexity index is 200. The van der Waals surface area contributed by atoms with Gasteiger partial charge < -0.3 is 4.74 Å². The number of hydrogen-bond acceptors (Lipinski definition) is 2. The van der Waals surface area contributed by atoms with E-state index in [1.54, 1.807) is 6.92 Å². The van der Waals surface area contributed by atoms with Crippen molar-refractivity contribution in [1.82, 2.24) is 4.90 Å². The van der Waals surface area contributed by atoms with Crippen LogP contribution in [0.1, 0.15) is 27.7 Å². The van der Waals surface area contributed by atoms with Gasteiger partial charge in [0.2, 0.25) is 0 Å². The number of hydrogen-bond donors (Lipinski definition) is 0. The molecule has 15 heavy (non-hydrogen) atoms. The number of ether oxygens (including phenoxy) is 1. The Labute approximate surface area is 88.4 Å². The maximum Gasteiger partial charge on any atom is 0.415 e. The maximum absolute atomic E-state index is 12.5. The van der Waals surface area contributed by atoms with Gasteiger partial charge in [-0.15, -0.1) is 0 Å². The highest BCUT2D eigenvalue weighted by Gasteiger charge is 2.46. The molecule has 2 atom stereocenters. The number of morpholine rings is 1. The highest BCUT2D eigenvalue weighted by molar-refractivity contribution is 4.87. The lowest BCUT2D eigenvalue weighted by Gasteiger charge is -2.44. The lowest BCUT2D eigenvalue weighted by Crippen LogP contribution is -2.57. The van der Waals surface area contributed by atoms with Crippen molar-refractivity contribution in [2.75, 3.05) is 13.1 Å². The minimum Gasteiger partial charge on any atom is -0.363 e. The number of nitrogens with zero attached hydrogens (tertiary/aromatic N) is 1. The summed E-state index contributed by atoms with van der Waals surface area (Å²) in [5.74, 6) is 0. The second-order valence-electron chi connectivity index (χ2n) is 5.05. The fraction of sp³-hybridized carbons (Fsp3) is 1.00. The van der Waals surface area contributed by atoms with E-state index in [0.29, 0.717) is 6.54 Å². The molecule has 0 saturated carbocycles. The molecule has 0 aromatic carbocycles. The third-order valence-corrected chi connectivity index (χ3v) is 2.57. The Morgan fingerprint density at radius 1 is 1.13 bits per heavy atom. The van der Waals surface area contributed by atoms with E-state index >= 15 is 0 Å². The highest BCUT2D eigenvalue weighted by Crippen LogP contribution is 2.30. The summed E-state index contributed by atoms with van der Waals surface area (Å²) in [6.07, 6.45) is -6.29. The highest BCUT2D eigenvalue weighted by atomic mass is 19.4. The number of alkyl halides is 3. The first-order valence-corrected chi connectivity index (χ1v) is 5.08. The molecule has 0 unspecified atom stereocenters. The molecule has 0 radical (unpaired) electrons. The van der Waals surface area contributed by atoms with Crippen LogP contribution in [-0.2, 0) is 4.74 Å². The van der Waals surface area contributed by atoms with Crippen molar-refractivity contribution in [3.63, 3.8) is 0 Å². The quantitative estimate of drug-likeness (QED) is 0.628. The minimum atomic E-state index is -4.27. The first-order valence-electron chi connectivity index (χ1n) is 5.08. The van der Waals surface area contributed by atoms with Gasteiger partial charge in [-0.1, -0.05) is 0 Å². The van der Waals surface area contributed by atoms with Crippen LogP contribution in [0.4, 0.5) is 13.2 Å². The Balaban J connectivity index is 2.73. The molecule has 0 aromatic heterocycles. The molecule has 1 rings (SSSR count). The van der Waals surface area contributed by atoms with Crippen molar-refractivity contribution in [3.05, 3.63) is 0 Å². The monoisotopic (exact) mass is 225 g/mol. The zero-order valence-corrected chi connectivity index (χ0v) is 9.56. The molecule has 1 aliphatic rings. The molecular weight excluding hydrogens is 207 g/mol. The van der Waals surface area contributed by atoms with Crippen molar-refractivity contribution in [1.29, 1.82) is 0 Å². The van der Waals surface area contributed by atoms with Crippen molar-refractivity contribution in [2.24, 2.45) is 0 Å². The van der Waals surface area contributed by atoms with Crippen LogP contribution in [-0.4, -0.2) is 41.9 Å². The molecule has 0 amide bonds. The molecule has 90 valence electrons. The molecule has 0 aromatic rings. The van der Waals surface area contributed by atoms with Gasteiger partial charge in [0.25, 0.3) is 0 Å². The molecule has 1 aliphatic heterocycles. The molecule has 0 spiro atoms. The van der Waals surface area contributed by atoms with E-state index in [-0.39, 0.29) is 18.2 Å². The van der Waals surface area contributed by atoms with Gasteiger partial charge in [0.05, 0.1) is 6.10 Å². The molecule has 1 heterocycles. The van der Waals surface area contributed by atoms with Crippen molar-refractivity contribution in [2.45, 2.75) is 51.6 Å². The van der Waals surface area contributed by atoms with Crippen LogP contribution < -0.4 is 0 Å². The van der Waals surface area contributed by atoms with Crippen LogP contribution >= 0.6 is 0 Å². The molecule has 0 bridgehead atoms. The molecule has 1 saturated heterocycles. The maximum atomic E-state index is 12.5. The SMILES string of the molecule is C[C@H]1CN(C(C)(C)C)C[C@H](C(F)(F)F)O1. The van der Waals surface area contributed by atoms with E-state index in [2.05, 4.69) is 0 Å². The van der Waals surface area contributed by atoms with Crippen LogP contribution in [0.25, 0.3) is 0 Å². The lowest BCUT2D eigenvalue weighted by atomic mass is 10.0. The lowest BCUT2D eigenvalue weighted by molar-refractivity contribution is -0.256. The topological polar surface area (TPSA) is 12.5 Å². The van der Waals surface area contributed by atoms with Crippen molar-refractivity contribution >= 4 is 0 Å². The Morgan fingerprint density at radius 2 is 1.67 bits per heavy atom. The molecule has 5 heteroatoms. The average molecular weight is 225 g/mol. The summed E-state index contributed by atoms with van der Waals surface area (Å²) in [4.78, 5) is 1.82. The molecule has 0 N–H and O–H groups in total. The largest absolute Gasteiger partial charge is 0.415 e. The summed E-state index contributed by atoms with van der Waals surface area (Å²) < 4.78 is 42.5. The van der Waals surface area contributed by atoms with E-state index in [9.17, 15) is 13.2 Å². The zero-order chi connectivity index (χ0) is 11.9. The predicted molar refractivity (Wildman–Crippen MR) is 51.7 cm³/mol. The fourth-order valence-electron chi connectivity index (χ4n) is 1.68. The van der Waals surface area contributed by atoms with Crippen LogP contribution in [0.5, 0.6) is 0 Å². The molecular formula is C10H18F3NO. The van der Waals surface area contributed by atoms with E-state index < -0.39 is 12.3 Å². The van der Waals surface area contributed by atoms with Crippen molar-refractivity contribution in [3.8, 4) is 0 Å². The van der Waals surface area contributed by atoms with Gasteiger partial charge in [0, 0.05) is 18.6 Å². The Morgan fingerprint density at radius 3 is 2.07 bits per heavy atom. The minimum absolute atomic E-state index is 0.0721. The van der Waals surface area contributed by atoms with E-state index in [0.717, 1.165) is 0 Å². The van der Waals surface area contributed by atoms with E-state index in [1.165, 1.54) is 0 Å². The van der Waals surface area contributed by atoms with Gasteiger partial charge in [0.1, 0.15) is 0 Å². The van der Waals surface area contributed by atoms with E-state index in [1.807, 2.05) is 25.7 Å². The number of rotatable bonds is 0. The normalized spacial score (nSPS) is 30.6. The third-order valence-electron chi connectivity index (χ3n) is 2.57. The van der Waals surface area contributed by atoms with Crippen LogP contribution in [0.3, 0.4) is 0 Å². The van der Waals surface area contributed by atoms with Gasteiger partial charge >= 0.3 is 6.18 Å². The van der Waals surface area contributed by atoms with Gasteiger partial charge in [-0.2, -0.15) is 13.2 Å². The smallest absolute Gasteiger partial charge is 0.363 e. The Hall–Kier alpha value is -0.290. The van der Waals surface area contributed by atoms with Gasteiger partial charge in [0.15, 0.2) is 6.10 Å². The van der Waals surface area contributed by atoms with Crippen molar-refractivity contribution < 1.29 is 17.9 Å². The summed E-state index contributed by atoms with van der Waals surface area (Å²) in [5.41, 5.74) is -0.248. The first kappa shape index (κ1) is 12.8. The van der Waals surface area contributed by atoms with Crippen LogP contribution in [0.2, 0.25) is 0 Å². The van der Waals surface area contributed by atoms with Crippen LogP contribution in [0.15, 0.2) is 0 Å². The number of halogens is 3. The standard InChI is InChI=1S/C10H18F3NO/c1-7-5-14(9(2,3)4)6-8(15-7)10(11,12)13/h7-8H,5-6H2,1-4H3/t7-,8+/m0/s1. The third kappa shape index (κ3) is 3.34. The van der Waals surface area contributed by atoms with Crippen LogP contribution in [0, 0.1) is 0 Å². The molecule has 1 fully saturated rings. The predicted octanol–water partition coefficient (Wildman–Crippen LogP) is 2.44. The second-order valence-corrected chi connectivity index (χ2v) is 5.05. The summed E-state index contributed by atoms with van der Waals surface area (Å²) in [6, 6.07) is 0. The van der Waals surface area contributed by atoms with Gasteiger partial charge in [-0.25, -0.2) is 0 Å². The van der Waals surface area contributed by atoms with E-state index in [4.69, 9.17) is 4.74 Å². The molecule has 0 aliphatic carbocycles. The second kappa shape index (κ2) is 3.94.